The highest BCUT2D eigenvalue weighted by molar-refractivity contribution is 5.15. The van der Waals surface area contributed by atoms with Gasteiger partial charge >= 0.3 is 0 Å². The number of aliphatic hydroxyl groups excluding tert-OH is 1. The maximum absolute atomic E-state index is 8.87. The molecule has 1 heterocycles. The lowest BCUT2D eigenvalue weighted by Crippen LogP contribution is -2.38. The van der Waals surface area contributed by atoms with Gasteiger partial charge in [0.05, 0.1) is 12.1 Å². The van der Waals surface area contributed by atoms with Crippen molar-refractivity contribution < 1.29 is 9.63 Å². The Morgan fingerprint density at radius 2 is 2.14 bits per heavy atom. The molecule has 1 aliphatic rings. The summed E-state index contributed by atoms with van der Waals surface area (Å²) in [6.45, 7) is -0.0837. The van der Waals surface area contributed by atoms with Gasteiger partial charge in [-0.1, -0.05) is 24.4 Å². The molecule has 1 fully saturated rings. The number of nitrogens with zero attached hydrogens (tertiary/aromatic N) is 1. The molecule has 4 nitrogen and oxygen atoms in total. The van der Waals surface area contributed by atoms with Crippen molar-refractivity contribution in [3.05, 3.63) is 17.5 Å². The van der Waals surface area contributed by atoms with E-state index >= 15 is 0 Å². The Kier molecular flexibility index (Phi) is 2.56. The molecule has 14 heavy (non-hydrogen) atoms. The first-order valence-corrected chi connectivity index (χ1v) is 5.10. The van der Waals surface area contributed by atoms with Crippen LogP contribution in [0.15, 0.2) is 10.6 Å². The topological polar surface area (TPSA) is 72.3 Å². The van der Waals surface area contributed by atoms with E-state index in [1.165, 1.54) is 6.42 Å². The number of hydrogen-bond acceptors (Lipinski definition) is 4. The molecule has 0 aromatic carbocycles. The van der Waals surface area contributed by atoms with Crippen molar-refractivity contribution in [2.45, 2.75) is 44.2 Å². The van der Waals surface area contributed by atoms with Crippen LogP contribution in [0.5, 0.6) is 0 Å². The SMILES string of the molecule is NC1(c2cc(CO)no2)CCCCC1. The number of aromatic nitrogens is 1. The van der Waals surface area contributed by atoms with Crippen molar-refractivity contribution in [2.75, 3.05) is 0 Å². The van der Waals surface area contributed by atoms with Crippen molar-refractivity contribution in [3.8, 4) is 0 Å². The van der Waals surface area contributed by atoms with Crippen molar-refractivity contribution in [2.24, 2.45) is 5.73 Å². The van der Waals surface area contributed by atoms with E-state index in [0.717, 1.165) is 31.4 Å². The summed E-state index contributed by atoms with van der Waals surface area (Å²) in [7, 11) is 0. The minimum atomic E-state index is -0.349. The minimum absolute atomic E-state index is 0.0837. The van der Waals surface area contributed by atoms with Gasteiger partial charge in [-0.25, -0.2) is 0 Å². The largest absolute Gasteiger partial charge is 0.390 e. The first-order valence-electron chi connectivity index (χ1n) is 5.10. The van der Waals surface area contributed by atoms with Crippen LogP contribution in [-0.4, -0.2) is 10.3 Å². The Labute approximate surface area is 83.1 Å². The van der Waals surface area contributed by atoms with Gasteiger partial charge in [-0.15, -0.1) is 0 Å². The summed E-state index contributed by atoms with van der Waals surface area (Å²) >= 11 is 0. The maximum atomic E-state index is 8.87. The van der Waals surface area contributed by atoms with Crippen molar-refractivity contribution in [1.29, 1.82) is 0 Å². The second-order valence-electron chi connectivity index (χ2n) is 4.06. The molecule has 3 N–H and O–H groups in total. The molecule has 0 unspecified atom stereocenters. The Bertz CT molecular complexity index is 303. The molecule has 0 atom stereocenters. The monoisotopic (exact) mass is 196 g/mol. The Morgan fingerprint density at radius 1 is 1.43 bits per heavy atom. The van der Waals surface area contributed by atoms with E-state index in [1.807, 2.05) is 0 Å². The second-order valence-corrected chi connectivity index (χ2v) is 4.06. The van der Waals surface area contributed by atoms with E-state index in [1.54, 1.807) is 6.07 Å². The third kappa shape index (κ3) is 1.67. The fraction of sp³-hybridized carbons (Fsp3) is 0.700. The summed E-state index contributed by atoms with van der Waals surface area (Å²) in [4.78, 5) is 0. The predicted octanol–water partition coefficient (Wildman–Crippen LogP) is 1.29. The molecule has 0 bridgehead atoms. The molecule has 1 aromatic heterocycles. The summed E-state index contributed by atoms with van der Waals surface area (Å²) < 4.78 is 5.16. The molecule has 4 heteroatoms. The molecule has 78 valence electrons. The van der Waals surface area contributed by atoms with Gasteiger partial charge in [0.15, 0.2) is 5.76 Å². The van der Waals surface area contributed by atoms with Gasteiger partial charge in [0, 0.05) is 6.07 Å². The summed E-state index contributed by atoms with van der Waals surface area (Å²) in [5.74, 6) is 0.723. The van der Waals surface area contributed by atoms with Gasteiger partial charge in [0.25, 0.3) is 0 Å². The van der Waals surface area contributed by atoms with Gasteiger partial charge in [0.1, 0.15) is 5.69 Å². The molecule has 0 spiro atoms. The fourth-order valence-electron chi connectivity index (χ4n) is 2.05. The smallest absolute Gasteiger partial charge is 0.156 e. The first kappa shape index (κ1) is 9.68. The Morgan fingerprint density at radius 3 is 2.71 bits per heavy atom. The highest BCUT2D eigenvalue weighted by Crippen LogP contribution is 2.34. The van der Waals surface area contributed by atoms with Crippen LogP contribution in [0.2, 0.25) is 0 Å². The van der Waals surface area contributed by atoms with Gasteiger partial charge in [0.2, 0.25) is 0 Å². The van der Waals surface area contributed by atoms with Crippen LogP contribution in [-0.2, 0) is 12.1 Å². The summed E-state index contributed by atoms with van der Waals surface area (Å²) in [6, 6.07) is 1.77. The Balaban J connectivity index is 2.19. The minimum Gasteiger partial charge on any atom is -0.390 e. The second kappa shape index (κ2) is 3.71. The van der Waals surface area contributed by atoms with Gasteiger partial charge in [-0.05, 0) is 12.8 Å². The van der Waals surface area contributed by atoms with Crippen molar-refractivity contribution >= 4 is 0 Å². The highest BCUT2D eigenvalue weighted by atomic mass is 16.5. The molecule has 0 aliphatic heterocycles. The lowest BCUT2D eigenvalue weighted by atomic mass is 9.81. The average Bonchev–Trinajstić information content (AvgIpc) is 2.67. The summed E-state index contributed by atoms with van der Waals surface area (Å²) in [5.41, 5.74) is 6.45. The van der Waals surface area contributed by atoms with Crippen LogP contribution in [0.4, 0.5) is 0 Å². The first-order chi connectivity index (χ1) is 6.74. The number of nitrogens with two attached hydrogens (primary N) is 1. The molecule has 2 rings (SSSR count). The molecular formula is C10H16N2O2. The zero-order valence-electron chi connectivity index (χ0n) is 8.20. The lowest BCUT2D eigenvalue weighted by Gasteiger charge is -2.30. The lowest BCUT2D eigenvalue weighted by molar-refractivity contribution is 0.222. The number of hydrogen-bond donors (Lipinski definition) is 2. The van der Waals surface area contributed by atoms with Crippen LogP contribution in [0.25, 0.3) is 0 Å². The number of aliphatic hydroxyl groups is 1. The van der Waals surface area contributed by atoms with Crippen LogP contribution in [0.1, 0.15) is 43.6 Å². The summed E-state index contributed by atoms with van der Waals surface area (Å²) in [5, 5.41) is 12.6. The Hall–Kier alpha value is -0.870. The maximum Gasteiger partial charge on any atom is 0.156 e. The normalized spacial score (nSPS) is 21.0. The zero-order valence-corrected chi connectivity index (χ0v) is 8.20. The predicted molar refractivity (Wildman–Crippen MR) is 51.4 cm³/mol. The number of rotatable bonds is 2. The van der Waals surface area contributed by atoms with Gasteiger partial charge in [-0.3, -0.25) is 0 Å². The molecule has 1 saturated carbocycles. The van der Waals surface area contributed by atoms with Crippen LogP contribution in [0.3, 0.4) is 0 Å². The zero-order chi connectivity index (χ0) is 10.0. The van der Waals surface area contributed by atoms with Gasteiger partial charge in [-0.2, -0.15) is 0 Å². The molecule has 0 radical (unpaired) electrons. The summed E-state index contributed by atoms with van der Waals surface area (Å²) in [6.07, 6.45) is 5.44. The molecule has 0 saturated heterocycles. The standard InChI is InChI=1S/C10H16N2O2/c11-10(4-2-1-3-5-10)9-6-8(7-13)12-14-9/h6,13H,1-5,7,11H2. The quantitative estimate of drug-likeness (QED) is 0.747. The van der Waals surface area contributed by atoms with E-state index < -0.39 is 0 Å². The third-order valence-corrected chi connectivity index (χ3v) is 2.96. The van der Waals surface area contributed by atoms with E-state index in [-0.39, 0.29) is 12.1 Å². The highest BCUT2D eigenvalue weighted by Gasteiger charge is 2.33. The van der Waals surface area contributed by atoms with Crippen LogP contribution >= 0.6 is 0 Å². The van der Waals surface area contributed by atoms with E-state index in [4.69, 9.17) is 15.4 Å². The van der Waals surface area contributed by atoms with Crippen LogP contribution < -0.4 is 5.73 Å². The molecular weight excluding hydrogens is 180 g/mol. The van der Waals surface area contributed by atoms with E-state index in [2.05, 4.69) is 5.16 Å². The molecule has 0 amide bonds. The van der Waals surface area contributed by atoms with E-state index in [0.29, 0.717) is 5.69 Å². The molecule has 1 aliphatic carbocycles. The fourth-order valence-corrected chi connectivity index (χ4v) is 2.05. The molecule has 1 aromatic rings. The van der Waals surface area contributed by atoms with E-state index in [9.17, 15) is 0 Å². The third-order valence-electron chi connectivity index (χ3n) is 2.96. The average molecular weight is 196 g/mol. The van der Waals surface area contributed by atoms with Crippen LogP contribution in [0, 0.1) is 0 Å². The van der Waals surface area contributed by atoms with Crippen molar-refractivity contribution in [3.63, 3.8) is 0 Å². The van der Waals surface area contributed by atoms with Gasteiger partial charge < -0.3 is 15.4 Å². The van der Waals surface area contributed by atoms with Crippen molar-refractivity contribution in [1.82, 2.24) is 5.16 Å².